The van der Waals surface area contributed by atoms with E-state index in [1.165, 1.54) is 27.4 Å². The Labute approximate surface area is 184 Å². The average molecular weight is 426 g/mol. The molecule has 0 aliphatic carbocycles. The van der Waals surface area contributed by atoms with E-state index < -0.39 is 0 Å². The maximum absolute atomic E-state index is 6.25. The van der Waals surface area contributed by atoms with Crippen molar-refractivity contribution in [3.8, 4) is 0 Å². The van der Waals surface area contributed by atoms with Crippen molar-refractivity contribution in [2.45, 2.75) is 19.9 Å². The fourth-order valence-electron chi connectivity index (χ4n) is 4.44. The molecule has 0 amide bonds. The van der Waals surface area contributed by atoms with E-state index >= 15 is 0 Å². The van der Waals surface area contributed by atoms with Crippen LogP contribution in [0.5, 0.6) is 0 Å². The maximum atomic E-state index is 6.25. The Kier molecular flexibility index (Phi) is 4.15. The molecule has 0 bridgehead atoms. The van der Waals surface area contributed by atoms with E-state index in [-0.39, 0.29) is 0 Å². The number of furan rings is 1. The molecule has 0 saturated carbocycles. The van der Waals surface area contributed by atoms with Crippen LogP contribution in [0.3, 0.4) is 0 Å². The molecule has 0 unspecified atom stereocenters. The van der Waals surface area contributed by atoms with Crippen molar-refractivity contribution in [3.05, 3.63) is 107 Å². The summed E-state index contributed by atoms with van der Waals surface area (Å²) in [6.07, 6.45) is 4.85. The van der Waals surface area contributed by atoms with Gasteiger partial charge in [-0.15, -0.1) is 0 Å². The molecule has 0 radical (unpaired) electrons. The molecule has 0 aliphatic heterocycles. The summed E-state index contributed by atoms with van der Waals surface area (Å²) >= 11 is 6.25. The Morgan fingerprint density at radius 2 is 1.84 bits per heavy atom. The van der Waals surface area contributed by atoms with Crippen LogP contribution in [-0.2, 0) is 13.0 Å². The van der Waals surface area contributed by atoms with Crippen molar-refractivity contribution in [1.29, 1.82) is 0 Å². The van der Waals surface area contributed by atoms with E-state index in [9.17, 15) is 0 Å². The first-order valence-electron chi connectivity index (χ1n) is 10.3. The zero-order valence-electron chi connectivity index (χ0n) is 17.0. The van der Waals surface area contributed by atoms with Crippen LogP contribution in [-0.4, -0.2) is 14.0 Å². The summed E-state index contributed by atoms with van der Waals surface area (Å²) in [7, 11) is 0. The number of benzene rings is 2. The van der Waals surface area contributed by atoms with Crippen molar-refractivity contribution in [1.82, 2.24) is 14.0 Å². The fraction of sp³-hybridized carbons (Fsp3) is 0.115. The Morgan fingerprint density at radius 3 is 2.68 bits per heavy atom. The van der Waals surface area contributed by atoms with Crippen LogP contribution in [0.15, 0.2) is 83.5 Å². The molecule has 4 heterocycles. The summed E-state index contributed by atoms with van der Waals surface area (Å²) < 4.78 is 10.3. The highest BCUT2D eigenvalue weighted by molar-refractivity contribution is 6.30. The fourth-order valence-corrected chi connectivity index (χ4v) is 4.65. The summed E-state index contributed by atoms with van der Waals surface area (Å²) in [5, 5.41) is 3.19. The van der Waals surface area contributed by atoms with E-state index in [1.54, 1.807) is 0 Å². The Morgan fingerprint density at radius 1 is 0.935 bits per heavy atom. The molecule has 152 valence electrons. The van der Waals surface area contributed by atoms with Gasteiger partial charge in [0.2, 0.25) is 0 Å². The van der Waals surface area contributed by atoms with Gasteiger partial charge in [-0.3, -0.25) is 0 Å². The third kappa shape index (κ3) is 3.11. The predicted octanol–water partition coefficient (Wildman–Crippen LogP) is 6.64. The molecule has 4 nitrogen and oxygen atoms in total. The minimum Gasteiger partial charge on any atom is -0.466 e. The van der Waals surface area contributed by atoms with Gasteiger partial charge in [-0.1, -0.05) is 41.9 Å². The van der Waals surface area contributed by atoms with Crippen LogP contribution < -0.4 is 0 Å². The number of rotatable bonds is 4. The number of fused-ring (bicyclic) bond motifs is 4. The van der Waals surface area contributed by atoms with E-state index in [2.05, 4.69) is 56.5 Å². The first kappa shape index (κ1) is 18.3. The maximum Gasteiger partial charge on any atom is 0.137 e. The topological polar surface area (TPSA) is 35.4 Å². The zero-order valence-corrected chi connectivity index (χ0v) is 17.8. The lowest BCUT2D eigenvalue weighted by atomic mass is 10.2. The molecule has 4 aromatic heterocycles. The molecule has 2 aromatic carbocycles. The lowest BCUT2D eigenvalue weighted by Crippen LogP contribution is -2.01. The second-order valence-electron chi connectivity index (χ2n) is 7.97. The minimum absolute atomic E-state index is 0.703. The van der Waals surface area contributed by atoms with Gasteiger partial charge < -0.3 is 13.4 Å². The van der Waals surface area contributed by atoms with Gasteiger partial charge in [0.15, 0.2) is 0 Å². The molecule has 6 aromatic rings. The Bertz CT molecular complexity index is 1570. The molecule has 0 spiro atoms. The number of pyridine rings is 1. The first-order valence-corrected chi connectivity index (χ1v) is 10.7. The standard InChI is InChI=1S/C26H20ClN3O/c1-17-9-10-21(31-17)12-20-14-28-26-13-23-22-7-2-3-8-24(22)30(25(23)16-29(20)26)15-18-5-4-6-19(27)11-18/h2-11,13-14,16H,12,15H2,1H3. The van der Waals surface area contributed by atoms with E-state index in [1.807, 2.05) is 43.5 Å². The highest BCUT2D eigenvalue weighted by Crippen LogP contribution is 2.31. The quantitative estimate of drug-likeness (QED) is 0.317. The van der Waals surface area contributed by atoms with Crippen LogP contribution in [0, 0.1) is 6.92 Å². The van der Waals surface area contributed by atoms with Crippen molar-refractivity contribution in [2.24, 2.45) is 0 Å². The molecule has 31 heavy (non-hydrogen) atoms. The van der Waals surface area contributed by atoms with Crippen LogP contribution >= 0.6 is 11.6 Å². The summed E-state index contributed by atoms with van der Waals surface area (Å²) in [5.41, 5.74) is 5.59. The summed E-state index contributed by atoms with van der Waals surface area (Å²) in [6, 6.07) is 22.8. The van der Waals surface area contributed by atoms with Crippen LogP contribution in [0.2, 0.25) is 5.02 Å². The highest BCUT2D eigenvalue weighted by atomic mass is 35.5. The van der Waals surface area contributed by atoms with E-state index in [0.717, 1.165) is 34.4 Å². The smallest absolute Gasteiger partial charge is 0.137 e. The van der Waals surface area contributed by atoms with E-state index in [4.69, 9.17) is 16.0 Å². The SMILES string of the molecule is Cc1ccc(Cc2cnc3cc4c5ccccc5n(Cc5cccc(Cl)c5)c4cn23)o1. The van der Waals surface area contributed by atoms with Gasteiger partial charge in [-0.05, 0) is 48.9 Å². The number of hydrogen-bond donors (Lipinski definition) is 0. The number of aromatic nitrogens is 3. The Hall–Kier alpha value is -3.50. The van der Waals surface area contributed by atoms with Crippen molar-refractivity contribution in [2.75, 3.05) is 0 Å². The van der Waals surface area contributed by atoms with Crippen molar-refractivity contribution < 1.29 is 4.42 Å². The van der Waals surface area contributed by atoms with Gasteiger partial charge in [0.1, 0.15) is 17.2 Å². The Balaban J connectivity index is 1.56. The largest absolute Gasteiger partial charge is 0.466 e. The van der Waals surface area contributed by atoms with Gasteiger partial charge in [0, 0.05) is 46.7 Å². The molecule has 6 rings (SSSR count). The highest BCUT2D eigenvalue weighted by Gasteiger charge is 2.15. The van der Waals surface area contributed by atoms with Gasteiger partial charge >= 0.3 is 0 Å². The number of aryl methyl sites for hydroxylation is 1. The number of hydrogen-bond acceptors (Lipinski definition) is 2. The monoisotopic (exact) mass is 425 g/mol. The summed E-state index contributed by atoms with van der Waals surface area (Å²) in [6.45, 7) is 2.72. The second kappa shape index (κ2) is 7.03. The van der Waals surface area contributed by atoms with Gasteiger partial charge in [0.25, 0.3) is 0 Å². The molecular formula is C26H20ClN3O. The van der Waals surface area contributed by atoms with Gasteiger partial charge in [-0.25, -0.2) is 4.98 Å². The third-order valence-electron chi connectivity index (χ3n) is 5.86. The molecule has 5 heteroatoms. The second-order valence-corrected chi connectivity index (χ2v) is 8.41. The molecule has 0 fully saturated rings. The number of halogens is 1. The first-order chi connectivity index (χ1) is 15.2. The van der Waals surface area contributed by atoms with E-state index in [0.29, 0.717) is 6.42 Å². The van der Waals surface area contributed by atoms with Crippen molar-refractivity contribution >= 4 is 39.1 Å². The van der Waals surface area contributed by atoms with Crippen LogP contribution in [0.1, 0.15) is 22.8 Å². The predicted molar refractivity (Wildman–Crippen MR) is 125 cm³/mol. The third-order valence-corrected chi connectivity index (χ3v) is 6.09. The van der Waals surface area contributed by atoms with Crippen LogP contribution in [0.4, 0.5) is 0 Å². The van der Waals surface area contributed by atoms with Gasteiger partial charge in [-0.2, -0.15) is 0 Å². The molecule has 0 N–H and O–H groups in total. The molecular weight excluding hydrogens is 406 g/mol. The van der Waals surface area contributed by atoms with Crippen molar-refractivity contribution in [3.63, 3.8) is 0 Å². The van der Waals surface area contributed by atoms with Gasteiger partial charge in [0.05, 0.1) is 11.2 Å². The lowest BCUT2D eigenvalue weighted by Gasteiger charge is -2.09. The molecule has 0 saturated heterocycles. The average Bonchev–Trinajstić information content (AvgIpc) is 3.44. The number of imidazole rings is 1. The lowest BCUT2D eigenvalue weighted by molar-refractivity contribution is 0.491. The molecule has 0 aliphatic rings. The molecule has 0 atom stereocenters. The number of para-hydroxylation sites is 1. The van der Waals surface area contributed by atoms with Crippen LogP contribution in [0.25, 0.3) is 27.5 Å². The summed E-state index contributed by atoms with van der Waals surface area (Å²) in [5.74, 6) is 1.87. The normalized spacial score (nSPS) is 11.8. The number of nitrogens with zero attached hydrogens (tertiary/aromatic N) is 3. The summed E-state index contributed by atoms with van der Waals surface area (Å²) in [4.78, 5) is 4.68. The minimum atomic E-state index is 0.703. The zero-order chi connectivity index (χ0) is 20.9.